The molecule has 0 heterocycles. The summed E-state index contributed by atoms with van der Waals surface area (Å²) in [6, 6.07) is 7.44. The van der Waals surface area contributed by atoms with Gasteiger partial charge in [0.1, 0.15) is 6.04 Å². The predicted molar refractivity (Wildman–Crippen MR) is 103 cm³/mol. The van der Waals surface area contributed by atoms with Crippen LogP contribution in [0.2, 0.25) is 5.02 Å². The van der Waals surface area contributed by atoms with E-state index in [1.807, 2.05) is 0 Å². The molecule has 0 aliphatic rings. The second-order valence-electron chi connectivity index (χ2n) is 6.23. The largest absolute Gasteiger partial charge is 0.416 e. The summed E-state index contributed by atoms with van der Waals surface area (Å²) in [6.45, 7) is 2.99. The first-order chi connectivity index (χ1) is 12.8. The number of halogens is 4. The van der Waals surface area contributed by atoms with Crippen molar-refractivity contribution in [3.63, 3.8) is 0 Å². The van der Waals surface area contributed by atoms with Gasteiger partial charge in [-0.1, -0.05) is 23.7 Å². The predicted octanol–water partition coefficient (Wildman–Crippen LogP) is 4.46. The molecule has 0 bridgehead atoms. The molecular formula is C18H18ClF3N2O3S. The van der Waals surface area contributed by atoms with Crippen LogP contribution in [-0.2, 0) is 21.0 Å². The summed E-state index contributed by atoms with van der Waals surface area (Å²) in [4.78, 5) is 12.6. The van der Waals surface area contributed by atoms with Crippen molar-refractivity contribution >= 4 is 38.9 Å². The minimum Gasteiger partial charge on any atom is -0.324 e. The molecule has 152 valence electrons. The molecular weight excluding hydrogens is 417 g/mol. The Kier molecular flexibility index (Phi) is 6.30. The molecule has 0 spiro atoms. The van der Waals surface area contributed by atoms with Crippen molar-refractivity contribution in [2.45, 2.75) is 26.1 Å². The van der Waals surface area contributed by atoms with E-state index in [4.69, 9.17) is 11.6 Å². The highest BCUT2D eigenvalue weighted by atomic mass is 35.5. The van der Waals surface area contributed by atoms with E-state index >= 15 is 0 Å². The highest BCUT2D eigenvalue weighted by Crippen LogP contribution is 2.31. The fourth-order valence-electron chi connectivity index (χ4n) is 2.62. The number of nitrogens with zero attached hydrogens (tertiary/aromatic N) is 1. The number of aryl methyl sites for hydroxylation is 1. The van der Waals surface area contributed by atoms with Gasteiger partial charge in [-0.25, -0.2) is 8.42 Å². The number of carbonyl (C=O) groups is 1. The molecule has 0 radical (unpaired) electrons. The van der Waals surface area contributed by atoms with Crippen molar-refractivity contribution < 1.29 is 26.4 Å². The zero-order chi connectivity index (χ0) is 21.3. The van der Waals surface area contributed by atoms with Crippen molar-refractivity contribution in [1.29, 1.82) is 0 Å². The summed E-state index contributed by atoms with van der Waals surface area (Å²) in [7, 11) is -3.89. The number of benzene rings is 2. The Labute approximate surface area is 166 Å². The Morgan fingerprint density at radius 2 is 1.82 bits per heavy atom. The molecule has 0 aliphatic carbocycles. The van der Waals surface area contributed by atoms with Gasteiger partial charge in [-0.15, -0.1) is 0 Å². The molecule has 2 rings (SSSR count). The van der Waals surface area contributed by atoms with E-state index in [1.54, 1.807) is 19.1 Å². The quantitative estimate of drug-likeness (QED) is 0.755. The van der Waals surface area contributed by atoms with Crippen LogP contribution >= 0.6 is 11.6 Å². The highest BCUT2D eigenvalue weighted by Gasteiger charge is 2.32. The summed E-state index contributed by atoms with van der Waals surface area (Å²) in [6.07, 6.45) is -3.63. The van der Waals surface area contributed by atoms with E-state index in [0.29, 0.717) is 5.56 Å². The maximum Gasteiger partial charge on any atom is 0.416 e. The second-order valence-corrected chi connectivity index (χ2v) is 8.53. The van der Waals surface area contributed by atoms with Gasteiger partial charge in [0, 0.05) is 10.7 Å². The first kappa shape index (κ1) is 22.0. The summed E-state index contributed by atoms with van der Waals surface area (Å²) >= 11 is 5.96. The molecule has 0 saturated carbocycles. The minimum atomic E-state index is -4.57. The number of hydrogen-bond acceptors (Lipinski definition) is 3. The maximum atomic E-state index is 12.8. The number of anilines is 2. The first-order valence-corrected chi connectivity index (χ1v) is 10.3. The second kappa shape index (κ2) is 8.00. The minimum absolute atomic E-state index is 0.0945. The Morgan fingerprint density at radius 1 is 1.18 bits per heavy atom. The van der Waals surface area contributed by atoms with Crippen molar-refractivity contribution in [3.8, 4) is 0 Å². The van der Waals surface area contributed by atoms with Crippen LogP contribution in [0.1, 0.15) is 18.1 Å². The van der Waals surface area contributed by atoms with Crippen LogP contribution in [0.4, 0.5) is 24.5 Å². The molecule has 0 fully saturated rings. The Hall–Kier alpha value is -2.26. The molecule has 1 atom stereocenters. The molecule has 2 aromatic rings. The molecule has 2 aromatic carbocycles. The summed E-state index contributed by atoms with van der Waals surface area (Å²) in [5, 5.41) is 2.61. The zero-order valence-electron chi connectivity index (χ0n) is 15.2. The molecule has 28 heavy (non-hydrogen) atoms. The van der Waals surface area contributed by atoms with Crippen LogP contribution in [0, 0.1) is 6.92 Å². The monoisotopic (exact) mass is 434 g/mol. The standard InChI is InChI=1S/C18H18ClF3N2O3S/c1-11-7-8-14(19)10-16(11)24(28(3,26)27)12(2)17(25)23-15-6-4-5-13(9-15)18(20,21)22/h4-10,12H,1-3H3,(H,23,25)/t12-/m0/s1. The van der Waals surface area contributed by atoms with Gasteiger partial charge < -0.3 is 5.32 Å². The summed E-state index contributed by atoms with van der Waals surface area (Å²) < 4.78 is 64.1. The Morgan fingerprint density at radius 3 is 2.39 bits per heavy atom. The lowest BCUT2D eigenvalue weighted by Crippen LogP contribution is -2.45. The number of carbonyl (C=O) groups excluding carboxylic acids is 1. The van der Waals surface area contributed by atoms with Crippen molar-refractivity contribution in [1.82, 2.24) is 0 Å². The number of nitrogens with one attached hydrogen (secondary N) is 1. The van der Waals surface area contributed by atoms with E-state index < -0.39 is 33.7 Å². The van der Waals surface area contributed by atoms with E-state index in [9.17, 15) is 26.4 Å². The van der Waals surface area contributed by atoms with E-state index in [0.717, 1.165) is 28.8 Å². The van der Waals surface area contributed by atoms with Crippen LogP contribution in [0.3, 0.4) is 0 Å². The van der Waals surface area contributed by atoms with Gasteiger partial charge in [0.25, 0.3) is 0 Å². The first-order valence-electron chi connectivity index (χ1n) is 8.04. The van der Waals surface area contributed by atoms with Crippen molar-refractivity contribution in [3.05, 3.63) is 58.6 Å². The van der Waals surface area contributed by atoms with Gasteiger partial charge in [-0.05, 0) is 49.7 Å². The summed E-state index contributed by atoms with van der Waals surface area (Å²) in [5.41, 5.74) is -0.248. The topological polar surface area (TPSA) is 66.5 Å². The Bertz CT molecular complexity index is 994. The number of sulfonamides is 1. The molecule has 0 aromatic heterocycles. The van der Waals surface area contributed by atoms with Crippen molar-refractivity contribution in [2.24, 2.45) is 0 Å². The van der Waals surface area contributed by atoms with E-state index in [-0.39, 0.29) is 16.4 Å². The molecule has 0 aliphatic heterocycles. The van der Waals surface area contributed by atoms with Crippen LogP contribution in [0.5, 0.6) is 0 Å². The molecule has 10 heteroatoms. The lowest BCUT2D eigenvalue weighted by Gasteiger charge is -2.29. The maximum absolute atomic E-state index is 12.8. The fraction of sp³-hybridized carbons (Fsp3) is 0.278. The van der Waals surface area contributed by atoms with Crippen LogP contribution in [-0.4, -0.2) is 26.6 Å². The third-order valence-electron chi connectivity index (χ3n) is 3.95. The van der Waals surface area contributed by atoms with Gasteiger partial charge in [0.2, 0.25) is 15.9 Å². The van der Waals surface area contributed by atoms with Gasteiger partial charge >= 0.3 is 6.18 Å². The van der Waals surface area contributed by atoms with Gasteiger partial charge in [-0.3, -0.25) is 9.10 Å². The smallest absolute Gasteiger partial charge is 0.324 e. The van der Waals surface area contributed by atoms with Crippen LogP contribution in [0.25, 0.3) is 0 Å². The average Bonchev–Trinajstić information content (AvgIpc) is 2.56. The van der Waals surface area contributed by atoms with Gasteiger partial charge in [0.15, 0.2) is 0 Å². The summed E-state index contributed by atoms with van der Waals surface area (Å²) in [5.74, 6) is -0.788. The zero-order valence-corrected chi connectivity index (χ0v) is 16.8. The van der Waals surface area contributed by atoms with Gasteiger partial charge in [0.05, 0.1) is 17.5 Å². The number of rotatable bonds is 5. The molecule has 1 amide bonds. The third-order valence-corrected chi connectivity index (χ3v) is 5.42. The van der Waals surface area contributed by atoms with Crippen molar-refractivity contribution in [2.75, 3.05) is 15.9 Å². The highest BCUT2D eigenvalue weighted by molar-refractivity contribution is 7.92. The lowest BCUT2D eigenvalue weighted by molar-refractivity contribution is -0.137. The average molecular weight is 435 g/mol. The number of amides is 1. The Balaban J connectivity index is 2.37. The molecule has 0 unspecified atom stereocenters. The SMILES string of the molecule is Cc1ccc(Cl)cc1N([C@@H](C)C(=O)Nc1cccc(C(F)(F)F)c1)S(C)(=O)=O. The molecule has 5 nitrogen and oxygen atoms in total. The number of alkyl halides is 3. The molecule has 1 N–H and O–H groups in total. The third kappa shape index (κ3) is 5.17. The van der Waals surface area contributed by atoms with Crippen LogP contribution < -0.4 is 9.62 Å². The van der Waals surface area contributed by atoms with E-state index in [1.165, 1.54) is 19.1 Å². The normalized spacial score (nSPS) is 13.1. The van der Waals surface area contributed by atoms with Crippen LogP contribution in [0.15, 0.2) is 42.5 Å². The fourth-order valence-corrected chi connectivity index (χ4v) is 4.01. The molecule has 0 saturated heterocycles. The van der Waals surface area contributed by atoms with E-state index in [2.05, 4.69) is 5.32 Å². The van der Waals surface area contributed by atoms with Gasteiger partial charge in [-0.2, -0.15) is 13.2 Å². The lowest BCUT2D eigenvalue weighted by atomic mass is 10.1. The number of hydrogen-bond donors (Lipinski definition) is 1.